The first-order valence-electron chi connectivity index (χ1n) is 9.81. The van der Waals surface area contributed by atoms with Crippen LogP contribution in [0.2, 0.25) is 0 Å². The standard InChI is InChI=1S/C24H27NO3/c1-3-14-24(27)15-17-25(18-16-24)23(26)21-10-6-19(7-11-21)4-5-20-8-12-22(28-2)13-9-20/h6-13,27H,3,14-18H2,1-2H3. The lowest BCUT2D eigenvalue weighted by Gasteiger charge is -2.38. The van der Waals surface area contributed by atoms with Crippen LogP contribution in [0.5, 0.6) is 5.75 Å². The second-order valence-electron chi connectivity index (χ2n) is 7.32. The zero-order valence-electron chi connectivity index (χ0n) is 16.6. The number of likely N-dealkylation sites (tertiary alicyclic amines) is 1. The molecule has 1 amide bonds. The number of amides is 1. The second kappa shape index (κ2) is 8.95. The van der Waals surface area contributed by atoms with Crippen molar-refractivity contribution in [3.05, 3.63) is 65.2 Å². The van der Waals surface area contributed by atoms with Crippen molar-refractivity contribution in [3.63, 3.8) is 0 Å². The van der Waals surface area contributed by atoms with Crippen LogP contribution in [0.25, 0.3) is 0 Å². The largest absolute Gasteiger partial charge is 0.497 e. The highest BCUT2D eigenvalue weighted by Crippen LogP contribution is 2.27. The molecule has 4 heteroatoms. The summed E-state index contributed by atoms with van der Waals surface area (Å²) in [5.41, 5.74) is 1.83. The highest BCUT2D eigenvalue weighted by molar-refractivity contribution is 5.94. The summed E-state index contributed by atoms with van der Waals surface area (Å²) in [4.78, 5) is 14.6. The average Bonchev–Trinajstić information content (AvgIpc) is 2.73. The summed E-state index contributed by atoms with van der Waals surface area (Å²) in [5.74, 6) is 7.06. The minimum atomic E-state index is -0.605. The Morgan fingerprint density at radius 3 is 2.07 bits per heavy atom. The van der Waals surface area contributed by atoms with Crippen molar-refractivity contribution < 1.29 is 14.6 Å². The van der Waals surface area contributed by atoms with Crippen LogP contribution in [0.4, 0.5) is 0 Å². The molecule has 146 valence electrons. The summed E-state index contributed by atoms with van der Waals surface area (Å²) in [6, 6.07) is 15.0. The van der Waals surface area contributed by atoms with Gasteiger partial charge in [-0.3, -0.25) is 4.79 Å². The number of benzene rings is 2. The summed E-state index contributed by atoms with van der Waals surface area (Å²) in [6.07, 6.45) is 3.07. The van der Waals surface area contributed by atoms with Crippen LogP contribution in [-0.2, 0) is 0 Å². The molecule has 0 atom stereocenters. The van der Waals surface area contributed by atoms with E-state index >= 15 is 0 Å². The number of nitrogens with zero attached hydrogens (tertiary/aromatic N) is 1. The van der Waals surface area contributed by atoms with Gasteiger partial charge in [0.05, 0.1) is 12.7 Å². The Kier molecular flexibility index (Phi) is 6.38. The molecular formula is C24H27NO3. The third kappa shape index (κ3) is 4.94. The van der Waals surface area contributed by atoms with Crippen molar-refractivity contribution >= 4 is 5.91 Å². The van der Waals surface area contributed by atoms with E-state index in [-0.39, 0.29) is 5.91 Å². The third-order valence-electron chi connectivity index (χ3n) is 5.27. The van der Waals surface area contributed by atoms with Crippen LogP contribution in [0, 0.1) is 11.8 Å². The fraction of sp³-hybridized carbons (Fsp3) is 0.375. The van der Waals surface area contributed by atoms with Gasteiger partial charge in [-0.1, -0.05) is 25.2 Å². The van der Waals surface area contributed by atoms with E-state index in [4.69, 9.17) is 4.74 Å². The normalized spacial score (nSPS) is 15.5. The van der Waals surface area contributed by atoms with Crippen molar-refractivity contribution in [2.24, 2.45) is 0 Å². The van der Waals surface area contributed by atoms with Crippen LogP contribution in [0.1, 0.15) is 54.1 Å². The van der Waals surface area contributed by atoms with E-state index in [1.165, 1.54) is 0 Å². The van der Waals surface area contributed by atoms with Crippen LogP contribution in [-0.4, -0.2) is 41.7 Å². The van der Waals surface area contributed by atoms with Crippen LogP contribution in [0.15, 0.2) is 48.5 Å². The number of methoxy groups -OCH3 is 1. The fourth-order valence-corrected chi connectivity index (χ4v) is 3.54. The van der Waals surface area contributed by atoms with E-state index in [0.717, 1.165) is 29.7 Å². The Hall–Kier alpha value is -2.77. The van der Waals surface area contributed by atoms with Gasteiger partial charge in [-0.05, 0) is 67.8 Å². The first kappa shape index (κ1) is 20.0. The van der Waals surface area contributed by atoms with E-state index in [1.807, 2.05) is 53.4 Å². The van der Waals surface area contributed by atoms with Gasteiger partial charge in [-0.25, -0.2) is 0 Å². The predicted molar refractivity (Wildman–Crippen MR) is 110 cm³/mol. The Labute approximate surface area is 167 Å². The van der Waals surface area contributed by atoms with E-state index in [2.05, 4.69) is 18.8 Å². The molecule has 2 aromatic carbocycles. The molecule has 0 bridgehead atoms. The lowest BCUT2D eigenvalue weighted by atomic mass is 9.87. The van der Waals surface area contributed by atoms with Gasteiger partial charge in [0, 0.05) is 29.8 Å². The molecule has 28 heavy (non-hydrogen) atoms. The first-order valence-corrected chi connectivity index (χ1v) is 9.81. The van der Waals surface area contributed by atoms with Gasteiger partial charge >= 0.3 is 0 Å². The molecule has 0 unspecified atom stereocenters. The van der Waals surface area contributed by atoms with Gasteiger partial charge in [-0.15, -0.1) is 0 Å². The van der Waals surface area contributed by atoms with E-state index in [0.29, 0.717) is 31.5 Å². The van der Waals surface area contributed by atoms with E-state index < -0.39 is 5.60 Å². The Balaban J connectivity index is 1.61. The minimum absolute atomic E-state index is 0.0215. The number of hydrogen-bond donors (Lipinski definition) is 1. The number of piperidine rings is 1. The van der Waals surface area contributed by atoms with E-state index in [9.17, 15) is 9.90 Å². The lowest BCUT2D eigenvalue weighted by Crippen LogP contribution is -2.46. The predicted octanol–water partition coefficient (Wildman–Crippen LogP) is 3.86. The van der Waals surface area contributed by atoms with Crippen LogP contribution in [0.3, 0.4) is 0 Å². The van der Waals surface area contributed by atoms with Gasteiger partial charge < -0.3 is 14.7 Å². The van der Waals surface area contributed by atoms with Crippen molar-refractivity contribution in [3.8, 4) is 17.6 Å². The quantitative estimate of drug-likeness (QED) is 0.823. The highest BCUT2D eigenvalue weighted by atomic mass is 16.5. The number of carbonyl (C=O) groups is 1. The number of rotatable bonds is 4. The zero-order chi connectivity index (χ0) is 20.0. The topological polar surface area (TPSA) is 49.8 Å². The second-order valence-corrected chi connectivity index (χ2v) is 7.32. The molecule has 0 spiro atoms. The monoisotopic (exact) mass is 377 g/mol. The highest BCUT2D eigenvalue weighted by Gasteiger charge is 2.33. The minimum Gasteiger partial charge on any atom is -0.497 e. The molecule has 1 saturated heterocycles. The molecule has 0 radical (unpaired) electrons. The number of aliphatic hydroxyl groups is 1. The molecule has 1 heterocycles. The van der Waals surface area contributed by atoms with Gasteiger partial charge in [-0.2, -0.15) is 0 Å². The number of ether oxygens (including phenoxy) is 1. The Morgan fingerprint density at radius 2 is 1.57 bits per heavy atom. The maximum atomic E-state index is 12.7. The van der Waals surface area contributed by atoms with Crippen molar-refractivity contribution in [1.82, 2.24) is 4.90 Å². The smallest absolute Gasteiger partial charge is 0.253 e. The van der Waals surface area contributed by atoms with Crippen LogP contribution < -0.4 is 4.74 Å². The van der Waals surface area contributed by atoms with Gasteiger partial charge in [0.1, 0.15) is 5.75 Å². The molecule has 1 aliphatic rings. The average molecular weight is 377 g/mol. The summed E-state index contributed by atoms with van der Waals surface area (Å²) >= 11 is 0. The molecule has 1 N–H and O–H groups in total. The molecule has 3 rings (SSSR count). The van der Waals surface area contributed by atoms with Gasteiger partial charge in [0.15, 0.2) is 0 Å². The molecule has 0 aromatic heterocycles. The Morgan fingerprint density at radius 1 is 1.04 bits per heavy atom. The summed E-state index contributed by atoms with van der Waals surface area (Å²) in [7, 11) is 1.64. The maximum absolute atomic E-state index is 12.7. The molecule has 4 nitrogen and oxygen atoms in total. The Bertz CT molecular complexity index is 851. The molecular weight excluding hydrogens is 350 g/mol. The summed E-state index contributed by atoms with van der Waals surface area (Å²) in [6.45, 7) is 3.29. The summed E-state index contributed by atoms with van der Waals surface area (Å²) < 4.78 is 5.14. The van der Waals surface area contributed by atoms with Crippen molar-refractivity contribution in [2.75, 3.05) is 20.2 Å². The summed E-state index contributed by atoms with van der Waals surface area (Å²) in [5, 5.41) is 10.5. The van der Waals surface area contributed by atoms with Gasteiger partial charge in [0.25, 0.3) is 5.91 Å². The first-order chi connectivity index (χ1) is 13.5. The van der Waals surface area contributed by atoms with Crippen molar-refractivity contribution in [1.29, 1.82) is 0 Å². The lowest BCUT2D eigenvalue weighted by molar-refractivity contribution is -0.0233. The number of hydrogen-bond acceptors (Lipinski definition) is 3. The molecule has 0 saturated carbocycles. The third-order valence-corrected chi connectivity index (χ3v) is 5.27. The maximum Gasteiger partial charge on any atom is 0.253 e. The fourth-order valence-electron chi connectivity index (χ4n) is 3.54. The van der Waals surface area contributed by atoms with Crippen LogP contribution >= 0.6 is 0 Å². The molecule has 2 aromatic rings. The molecule has 1 aliphatic heterocycles. The van der Waals surface area contributed by atoms with E-state index in [1.54, 1.807) is 7.11 Å². The molecule has 1 fully saturated rings. The molecule has 0 aliphatic carbocycles. The number of carbonyl (C=O) groups excluding carboxylic acids is 1. The zero-order valence-corrected chi connectivity index (χ0v) is 16.6. The SMILES string of the molecule is CCCC1(O)CCN(C(=O)c2ccc(C#Cc3ccc(OC)cc3)cc2)CC1. The van der Waals surface area contributed by atoms with Gasteiger partial charge in [0.2, 0.25) is 0 Å². The van der Waals surface area contributed by atoms with Crippen molar-refractivity contribution in [2.45, 2.75) is 38.2 Å².